The van der Waals surface area contributed by atoms with Gasteiger partial charge in [0.15, 0.2) is 6.20 Å². The van der Waals surface area contributed by atoms with Crippen LogP contribution in [-0.4, -0.2) is 19.2 Å². The van der Waals surface area contributed by atoms with Crippen molar-refractivity contribution in [2.24, 2.45) is 0 Å². The number of nitrogens with zero attached hydrogens (tertiary/aromatic N) is 2. The Morgan fingerprint density at radius 1 is 1.16 bits per heavy atom. The molecule has 7 nitrogen and oxygen atoms in total. The number of halogens is 1. The summed E-state index contributed by atoms with van der Waals surface area (Å²) in [5.41, 5.74) is 0.917. The van der Waals surface area contributed by atoms with Gasteiger partial charge in [0.1, 0.15) is 5.69 Å². The highest BCUT2D eigenvalue weighted by molar-refractivity contribution is 7.92. The van der Waals surface area contributed by atoms with Gasteiger partial charge in [0, 0.05) is 19.2 Å². The van der Waals surface area contributed by atoms with E-state index in [1.54, 1.807) is 12.1 Å². The minimum Gasteiger partial charge on any atom is -0.618 e. The number of nitrogens with one attached hydrogen (secondary N) is 1. The third-order valence-electron chi connectivity index (χ3n) is 4.79. The number of anilines is 1. The second-order valence-corrected chi connectivity index (χ2v) is 10.2. The Morgan fingerprint density at radius 3 is 2.42 bits per heavy atom. The second kappa shape index (κ2) is 8.28. The van der Waals surface area contributed by atoms with Crippen molar-refractivity contribution in [3.8, 4) is 0 Å². The minimum atomic E-state index is -4.02. The van der Waals surface area contributed by atoms with E-state index in [0.29, 0.717) is 4.73 Å². The molecule has 0 radical (unpaired) electrons. The summed E-state index contributed by atoms with van der Waals surface area (Å²) in [5.74, 6) is -0.597. The monoisotopic (exact) mass is 459 g/mol. The molecule has 0 aliphatic carbocycles. The first kappa shape index (κ1) is 22.7. The lowest BCUT2D eigenvalue weighted by atomic mass is 9.87. The summed E-state index contributed by atoms with van der Waals surface area (Å²) >= 11 is 6.01. The van der Waals surface area contributed by atoms with Crippen LogP contribution >= 0.6 is 11.6 Å². The molecule has 0 saturated heterocycles. The van der Waals surface area contributed by atoms with Crippen molar-refractivity contribution in [3.05, 3.63) is 87.6 Å². The molecule has 0 aliphatic heterocycles. The van der Waals surface area contributed by atoms with Gasteiger partial charge in [-0.25, -0.2) is 13.4 Å². The van der Waals surface area contributed by atoms with Crippen LogP contribution in [0.2, 0.25) is 5.02 Å². The highest BCUT2D eigenvalue weighted by atomic mass is 35.5. The Labute approximate surface area is 186 Å². The zero-order valence-corrected chi connectivity index (χ0v) is 19.1. The minimum absolute atomic E-state index is 0.0344. The summed E-state index contributed by atoms with van der Waals surface area (Å²) in [6, 6.07) is 10.7. The van der Waals surface area contributed by atoms with Gasteiger partial charge >= 0.3 is 0 Å². The fourth-order valence-electron chi connectivity index (χ4n) is 2.97. The molecule has 9 heteroatoms. The van der Waals surface area contributed by atoms with Crippen molar-refractivity contribution in [1.82, 2.24) is 4.98 Å². The number of carbonyl (C=O) groups is 1. The van der Waals surface area contributed by atoms with Gasteiger partial charge in [-0.3, -0.25) is 9.52 Å². The van der Waals surface area contributed by atoms with E-state index in [-0.39, 0.29) is 38.0 Å². The van der Waals surface area contributed by atoms with E-state index >= 15 is 0 Å². The molecule has 31 heavy (non-hydrogen) atoms. The first-order valence-electron chi connectivity index (χ1n) is 9.42. The maximum absolute atomic E-state index is 13.0. The quantitative estimate of drug-likeness (QED) is 0.353. The van der Waals surface area contributed by atoms with Gasteiger partial charge in [0.2, 0.25) is 11.5 Å². The van der Waals surface area contributed by atoms with E-state index < -0.39 is 15.8 Å². The molecule has 3 rings (SSSR count). The summed E-state index contributed by atoms with van der Waals surface area (Å²) in [5, 5.41) is 12.0. The van der Waals surface area contributed by atoms with E-state index in [2.05, 4.69) is 9.71 Å². The van der Waals surface area contributed by atoms with Crippen molar-refractivity contribution in [3.63, 3.8) is 0 Å². The lowest BCUT2D eigenvalue weighted by molar-refractivity contribution is -0.612. The molecule has 0 aliphatic rings. The second-order valence-electron chi connectivity index (χ2n) is 8.09. The first-order chi connectivity index (χ1) is 14.4. The molecule has 162 valence electrons. The predicted molar refractivity (Wildman–Crippen MR) is 119 cm³/mol. The smallest absolute Gasteiger partial charge is 0.261 e. The molecule has 0 bridgehead atoms. The SMILES string of the molecule is Cc1c(C(=O)c2ncc(Cl)cc2NS(=O)(=O)c2ccc(C(C)(C)C)cc2)ccc[n+]1[O-]. The maximum atomic E-state index is 13.0. The molecule has 0 saturated carbocycles. The number of aromatic nitrogens is 2. The largest absolute Gasteiger partial charge is 0.618 e. The zero-order chi connectivity index (χ0) is 23.0. The van der Waals surface area contributed by atoms with Crippen LogP contribution in [0.25, 0.3) is 0 Å². The van der Waals surface area contributed by atoms with Crippen LogP contribution in [0.5, 0.6) is 0 Å². The Morgan fingerprint density at radius 2 is 1.81 bits per heavy atom. The van der Waals surface area contributed by atoms with Gasteiger partial charge in [-0.05, 0) is 35.2 Å². The molecule has 1 N–H and O–H groups in total. The fourth-order valence-corrected chi connectivity index (χ4v) is 4.19. The Kier molecular flexibility index (Phi) is 6.07. The average Bonchev–Trinajstić information content (AvgIpc) is 2.69. The molecule has 0 amide bonds. The van der Waals surface area contributed by atoms with Crippen LogP contribution in [-0.2, 0) is 15.4 Å². The summed E-state index contributed by atoms with van der Waals surface area (Å²) < 4.78 is 28.9. The molecular formula is C22H22ClN3O4S. The van der Waals surface area contributed by atoms with Crippen molar-refractivity contribution < 1.29 is 17.9 Å². The summed E-state index contributed by atoms with van der Waals surface area (Å²) in [7, 11) is -4.02. The van der Waals surface area contributed by atoms with Crippen molar-refractivity contribution in [1.29, 1.82) is 0 Å². The van der Waals surface area contributed by atoms with E-state index in [4.69, 9.17) is 11.6 Å². The normalized spacial score (nSPS) is 11.9. The highest BCUT2D eigenvalue weighted by Gasteiger charge is 2.25. The van der Waals surface area contributed by atoms with Gasteiger partial charge in [0.05, 0.1) is 21.2 Å². The number of sulfonamides is 1. The topological polar surface area (TPSA) is 103 Å². The molecule has 0 spiro atoms. The number of hydrogen-bond acceptors (Lipinski definition) is 5. The van der Waals surface area contributed by atoms with Crippen LogP contribution in [0.1, 0.15) is 48.1 Å². The van der Waals surface area contributed by atoms with Crippen LogP contribution < -0.4 is 9.45 Å². The number of hydrogen-bond donors (Lipinski definition) is 1. The Bertz CT molecular complexity index is 1250. The lowest BCUT2D eigenvalue weighted by Gasteiger charge is -2.19. The van der Waals surface area contributed by atoms with E-state index in [0.717, 1.165) is 5.56 Å². The molecule has 0 atom stereocenters. The standard InChI is InChI=1S/C22H22ClN3O4S/c1-14-18(6-5-11-26(14)28)21(27)20-19(12-16(23)13-24-20)25-31(29,30)17-9-7-15(8-10-17)22(2,3)4/h5-13,25H,1-4H3. The van der Waals surface area contributed by atoms with Crippen molar-refractivity contribution in [2.75, 3.05) is 4.72 Å². The third kappa shape index (κ3) is 4.86. The maximum Gasteiger partial charge on any atom is 0.261 e. The van der Waals surface area contributed by atoms with E-state index in [1.165, 1.54) is 49.6 Å². The molecule has 2 aromatic heterocycles. The van der Waals surface area contributed by atoms with E-state index in [9.17, 15) is 18.4 Å². The molecule has 1 aromatic carbocycles. The zero-order valence-electron chi connectivity index (χ0n) is 17.5. The Balaban J connectivity index is 2.01. The first-order valence-corrected chi connectivity index (χ1v) is 11.3. The predicted octanol–water partition coefficient (Wildman–Crippen LogP) is 4.01. The summed E-state index contributed by atoms with van der Waals surface area (Å²) in [6.45, 7) is 7.58. The third-order valence-corrected chi connectivity index (χ3v) is 6.38. The van der Waals surface area contributed by atoms with Gasteiger partial charge in [-0.2, -0.15) is 4.73 Å². The van der Waals surface area contributed by atoms with Crippen LogP contribution in [0.4, 0.5) is 5.69 Å². The molecular weight excluding hydrogens is 438 g/mol. The van der Waals surface area contributed by atoms with Crippen LogP contribution in [0, 0.1) is 12.1 Å². The highest BCUT2D eigenvalue weighted by Crippen LogP contribution is 2.27. The van der Waals surface area contributed by atoms with E-state index in [1.807, 2.05) is 20.8 Å². The van der Waals surface area contributed by atoms with Crippen molar-refractivity contribution >= 4 is 33.1 Å². The van der Waals surface area contributed by atoms with Gasteiger partial charge < -0.3 is 5.21 Å². The molecule has 2 heterocycles. The lowest BCUT2D eigenvalue weighted by Crippen LogP contribution is -2.31. The van der Waals surface area contributed by atoms with Gasteiger partial charge in [-0.15, -0.1) is 0 Å². The van der Waals surface area contributed by atoms with Crippen LogP contribution in [0.3, 0.4) is 0 Å². The fraction of sp³-hybridized carbons (Fsp3) is 0.227. The summed E-state index contributed by atoms with van der Waals surface area (Å²) in [6.07, 6.45) is 2.51. The summed E-state index contributed by atoms with van der Waals surface area (Å²) in [4.78, 5) is 17.1. The van der Waals surface area contributed by atoms with Gasteiger partial charge in [-0.1, -0.05) is 44.5 Å². The number of rotatable bonds is 5. The number of ketones is 1. The number of pyridine rings is 2. The molecule has 3 aromatic rings. The molecule has 0 fully saturated rings. The average molecular weight is 460 g/mol. The number of carbonyl (C=O) groups excluding carboxylic acids is 1. The van der Waals surface area contributed by atoms with Crippen LogP contribution in [0.15, 0.2) is 59.8 Å². The number of benzene rings is 1. The molecule has 0 unspecified atom stereocenters. The Hall–Kier alpha value is -2.97. The van der Waals surface area contributed by atoms with Gasteiger partial charge in [0.25, 0.3) is 10.0 Å². The van der Waals surface area contributed by atoms with Crippen molar-refractivity contribution in [2.45, 2.75) is 38.0 Å².